The zero-order chi connectivity index (χ0) is 22.4. The van der Waals surface area contributed by atoms with Crippen LogP contribution in [-0.2, 0) is 6.42 Å². The van der Waals surface area contributed by atoms with Gasteiger partial charge in [-0.1, -0.05) is 12.8 Å². The molecule has 168 valence electrons. The number of nitrogens with two attached hydrogens (primary N) is 2. The summed E-state index contributed by atoms with van der Waals surface area (Å²) in [5, 5.41) is 17.1. The van der Waals surface area contributed by atoms with Gasteiger partial charge in [0.05, 0.1) is 5.39 Å². The van der Waals surface area contributed by atoms with E-state index in [1.807, 2.05) is 12.1 Å². The summed E-state index contributed by atoms with van der Waals surface area (Å²) in [6, 6.07) is 6.62. The molecule has 1 saturated carbocycles. The molecule has 4 rings (SSSR count). The number of pyridine rings is 1. The minimum Gasteiger partial charge on any atom is -0.384 e. The van der Waals surface area contributed by atoms with Crippen LogP contribution in [0, 0.1) is 5.92 Å². The topological polar surface area (TPSA) is 136 Å². The van der Waals surface area contributed by atoms with E-state index in [1.165, 1.54) is 57.9 Å². The molecule has 2 unspecified atom stereocenters. The Morgan fingerprint density at radius 2 is 1.87 bits per heavy atom. The molecule has 0 radical (unpaired) electrons. The SMILES string of the molecule is CC(C)(O)O.Nc1cc(CCCCC2CCC(n3ccc4c(N)ncnc43)C2)ccn1. The number of nitrogen functional groups attached to an aromatic ring is 2. The maximum absolute atomic E-state index is 8.08. The van der Waals surface area contributed by atoms with Crippen molar-refractivity contribution < 1.29 is 10.2 Å². The largest absolute Gasteiger partial charge is 0.384 e. The van der Waals surface area contributed by atoms with Crippen molar-refractivity contribution in [2.24, 2.45) is 5.92 Å². The van der Waals surface area contributed by atoms with Crippen LogP contribution < -0.4 is 11.5 Å². The molecule has 0 saturated heterocycles. The van der Waals surface area contributed by atoms with Crippen LogP contribution in [0.1, 0.15) is 64.0 Å². The van der Waals surface area contributed by atoms with Crippen molar-refractivity contribution in [3.05, 3.63) is 42.5 Å². The van der Waals surface area contributed by atoms with Gasteiger partial charge in [-0.05, 0) is 75.6 Å². The highest BCUT2D eigenvalue weighted by atomic mass is 16.5. The summed E-state index contributed by atoms with van der Waals surface area (Å²) in [6.07, 6.45) is 14.1. The quantitative estimate of drug-likeness (QED) is 0.350. The number of hydrogen-bond donors (Lipinski definition) is 4. The van der Waals surface area contributed by atoms with Gasteiger partial charge in [-0.25, -0.2) is 15.0 Å². The lowest BCUT2D eigenvalue weighted by atomic mass is 9.98. The summed E-state index contributed by atoms with van der Waals surface area (Å²) in [7, 11) is 0. The molecule has 2 atom stereocenters. The monoisotopic (exact) mass is 426 g/mol. The number of unbranched alkanes of at least 4 members (excludes halogenated alkanes) is 1. The number of nitrogens with zero attached hydrogens (tertiary/aromatic N) is 4. The number of hydrogen-bond acceptors (Lipinski definition) is 7. The summed E-state index contributed by atoms with van der Waals surface area (Å²) in [4.78, 5) is 12.6. The number of aryl methyl sites for hydroxylation is 1. The molecule has 1 aliphatic rings. The van der Waals surface area contributed by atoms with Crippen LogP contribution in [0.5, 0.6) is 0 Å². The number of aliphatic hydroxyl groups is 2. The average molecular weight is 427 g/mol. The van der Waals surface area contributed by atoms with Gasteiger partial charge < -0.3 is 26.2 Å². The second-order valence-corrected chi connectivity index (χ2v) is 8.88. The van der Waals surface area contributed by atoms with Crippen LogP contribution >= 0.6 is 0 Å². The van der Waals surface area contributed by atoms with Crippen LogP contribution in [0.4, 0.5) is 11.6 Å². The lowest BCUT2D eigenvalue weighted by Crippen LogP contribution is -2.15. The van der Waals surface area contributed by atoms with Gasteiger partial charge in [-0.3, -0.25) is 0 Å². The van der Waals surface area contributed by atoms with E-state index in [0.29, 0.717) is 17.7 Å². The van der Waals surface area contributed by atoms with Crippen LogP contribution in [0.3, 0.4) is 0 Å². The predicted molar refractivity (Wildman–Crippen MR) is 123 cm³/mol. The summed E-state index contributed by atoms with van der Waals surface area (Å²) < 4.78 is 2.30. The van der Waals surface area contributed by atoms with E-state index in [2.05, 4.69) is 31.8 Å². The van der Waals surface area contributed by atoms with E-state index in [-0.39, 0.29) is 0 Å². The Morgan fingerprint density at radius 3 is 2.61 bits per heavy atom. The van der Waals surface area contributed by atoms with Gasteiger partial charge in [-0.15, -0.1) is 0 Å². The fraction of sp³-hybridized carbons (Fsp3) is 0.522. The number of rotatable bonds is 6. The minimum absolute atomic E-state index is 0.534. The van der Waals surface area contributed by atoms with E-state index < -0.39 is 5.79 Å². The van der Waals surface area contributed by atoms with Crippen molar-refractivity contribution in [1.82, 2.24) is 19.5 Å². The molecule has 0 bridgehead atoms. The van der Waals surface area contributed by atoms with E-state index in [4.69, 9.17) is 21.7 Å². The molecule has 3 heterocycles. The molecule has 31 heavy (non-hydrogen) atoms. The maximum atomic E-state index is 8.08. The molecule has 0 spiro atoms. The van der Waals surface area contributed by atoms with Crippen molar-refractivity contribution in [1.29, 1.82) is 0 Å². The van der Waals surface area contributed by atoms with Crippen LogP contribution in [-0.4, -0.2) is 35.5 Å². The van der Waals surface area contributed by atoms with Crippen LogP contribution in [0.2, 0.25) is 0 Å². The standard InChI is InChI=1S/C20H26N6.C3H8O2/c21-18-12-15(7-9-23-18)4-2-1-3-14-5-6-16(11-14)26-10-8-17-19(22)24-13-25-20(17)26;1-3(2,4)5/h7-10,12-14,16H,1-6,11H2,(H2,21,23)(H2,22,24,25);4-5H,1-2H3. The Balaban J connectivity index is 0.000000491. The smallest absolute Gasteiger partial charge is 0.156 e. The maximum Gasteiger partial charge on any atom is 0.156 e. The highest BCUT2D eigenvalue weighted by molar-refractivity contribution is 5.86. The van der Waals surface area contributed by atoms with Crippen LogP contribution in [0.25, 0.3) is 11.0 Å². The molecule has 8 nitrogen and oxygen atoms in total. The molecule has 3 aromatic heterocycles. The predicted octanol–water partition coefficient (Wildman–Crippen LogP) is 3.45. The van der Waals surface area contributed by atoms with Crippen molar-refractivity contribution in [2.45, 2.75) is 70.6 Å². The zero-order valence-electron chi connectivity index (χ0n) is 18.4. The molecule has 6 N–H and O–H groups in total. The Hall–Kier alpha value is -2.71. The minimum atomic E-state index is -1.50. The highest BCUT2D eigenvalue weighted by Gasteiger charge is 2.26. The van der Waals surface area contributed by atoms with Gasteiger partial charge in [0.15, 0.2) is 5.79 Å². The first-order chi connectivity index (χ1) is 14.7. The van der Waals surface area contributed by atoms with E-state index in [1.54, 1.807) is 12.5 Å². The first kappa shape index (κ1) is 23.0. The Morgan fingerprint density at radius 1 is 1.10 bits per heavy atom. The summed E-state index contributed by atoms with van der Waals surface area (Å²) >= 11 is 0. The molecule has 0 aliphatic heterocycles. The van der Waals surface area contributed by atoms with Gasteiger partial charge in [0.1, 0.15) is 23.6 Å². The average Bonchev–Trinajstić information content (AvgIpc) is 3.31. The molecule has 0 aromatic carbocycles. The van der Waals surface area contributed by atoms with Crippen molar-refractivity contribution in [2.75, 3.05) is 11.5 Å². The van der Waals surface area contributed by atoms with Gasteiger partial charge in [0.25, 0.3) is 0 Å². The first-order valence-electron chi connectivity index (χ1n) is 10.9. The summed E-state index contributed by atoms with van der Waals surface area (Å²) in [5.74, 6) is 0.490. The Bertz CT molecular complexity index is 976. The molecule has 0 amide bonds. The third-order valence-corrected chi connectivity index (χ3v) is 5.62. The van der Waals surface area contributed by atoms with Gasteiger partial charge >= 0.3 is 0 Å². The third kappa shape index (κ3) is 6.90. The number of anilines is 2. The summed E-state index contributed by atoms with van der Waals surface area (Å²) in [6.45, 7) is 2.60. The fourth-order valence-corrected chi connectivity index (χ4v) is 4.26. The summed E-state index contributed by atoms with van der Waals surface area (Å²) in [5.41, 5.74) is 14.0. The lowest BCUT2D eigenvalue weighted by molar-refractivity contribution is -0.127. The van der Waals surface area contributed by atoms with Gasteiger partial charge in [-0.2, -0.15) is 0 Å². The lowest BCUT2D eigenvalue weighted by Gasteiger charge is -2.14. The molecular weight excluding hydrogens is 392 g/mol. The molecule has 8 heteroatoms. The highest BCUT2D eigenvalue weighted by Crippen LogP contribution is 2.39. The normalized spacial score (nSPS) is 18.7. The first-order valence-corrected chi connectivity index (χ1v) is 10.9. The fourth-order valence-electron chi connectivity index (χ4n) is 4.26. The van der Waals surface area contributed by atoms with Gasteiger partial charge in [0, 0.05) is 18.4 Å². The third-order valence-electron chi connectivity index (χ3n) is 5.62. The molecule has 1 fully saturated rings. The van der Waals surface area contributed by atoms with E-state index in [0.717, 1.165) is 23.4 Å². The second kappa shape index (κ2) is 10.1. The Kier molecular flexibility index (Phi) is 7.46. The second-order valence-electron chi connectivity index (χ2n) is 8.88. The van der Waals surface area contributed by atoms with Gasteiger partial charge in [0.2, 0.25) is 0 Å². The van der Waals surface area contributed by atoms with E-state index in [9.17, 15) is 0 Å². The van der Waals surface area contributed by atoms with Crippen molar-refractivity contribution in [3.63, 3.8) is 0 Å². The van der Waals surface area contributed by atoms with Crippen molar-refractivity contribution >= 4 is 22.7 Å². The Labute approximate surface area is 183 Å². The zero-order valence-corrected chi connectivity index (χ0v) is 18.4. The molecular formula is C23H34N6O2. The number of aromatic nitrogens is 4. The van der Waals surface area contributed by atoms with Crippen molar-refractivity contribution in [3.8, 4) is 0 Å². The molecule has 1 aliphatic carbocycles. The molecule has 3 aromatic rings. The van der Waals surface area contributed by atoms with E-state index >= 15 is 0 Å². The van der Waals surface area contributed by atoms with Crippen LogP contribution in [0.15, 0.2) is 36.9 Å². The number of fused-ring (bicyclic) bond motifs is 1.